The minimum absolute atomic E-state index is 0.265. The first-order valence-electron chi connectivity index (χ1n) is 4.85. The molecule has 0 saturated heterocycles. The van der Waals surface area contributed by atoms with Gasteiger partial charge in [-0.15, -0.1) is 0 Å². The van der Waals surface area contributed by atoms with Crippen molar-refractivity contribution in [2.24, 2.45) is 0 Å². The van der Waals surface area contributed by atoms with E-state index in [0.29, 0.717) is 22.9 Å². The molecule has 1 aliphatic carbocycles. The van der Waals surface area contributed by atoms with Crippen molar-refractivity contribution in [3.05, 3.63) is 28.2 Å². The van der Waals surface area contributed by atoms with Crippen LogP contribution in [0, 0.1) is 18.3 Å². The van der Waals surface area contributed by atoms with Gasteiger partial charge in [0.25, 0.3) is 0 Å². The van der Waals surface area contributed by atoms with Crippen molar-refractivity contribution in [2.45, 2.75) is 29.4 Å². The smallest absolute Gasteiger partial charge is 0.197 e. The topological polar surface area (TPSA) is 57.9 Å². The van der Waals surface area contributed by atoms with Crippen LogP contribution >= 0.6 is 15.9 Å². The van der Waals surface area contributed by atoms with Gasteiger partial charge < -0.3 is 0 Å². The Balaban J connectivity index is 2.62. The third-order valence-corrected chi connectivity index (χ3v) is 5.90. The van der Waals surface area contributed by atoms with Gasteiger partial charge in [0.1, 0.15) is 0 Å². The van der Waals surface area contributed by atoms with Crippen LogP contribution in [-0.4, -0.2) is 13.2 Å². The van der Waals surface area contributed by atoms with Crippen molar-refractivity contribution in [3.8, 4) is 6.07 Å². The molecule has 1 aromatic rings. The third-order valence-electron chi connectivity index (χ3n) is 2.86. The second-order valence-electron chi connectivity index (χ2n) is 4.02. The molecule has 0 aromatic heterocycles. The fourth-order valence-electron chi connectivity index (χ4n) is 1.63. The second-order valence-corrected chi connectivity index (χ2v) is 7.16. The number of rotatable bonds is 2. The predicted molar refractivity (Wildman–Crippen MR) is 63.6 cm³/mol. The van der Waals surface area contributed by atoms with Crippen LogP contribution in [0.4, 0.5) is 0 Å². The van der Waals surface area contributed by atoms with Gasteiger partial charge in [0.05, 0.1) is 11.0 Å². The standard InChI is InChI=1S/C11H10BrNO2S/c1-8-2-3-9(12)6-10(8)16(14,15)11(7-13)4-5-11/h2-3,6H,4-5H2,1H3. The Morgan fingerprint density at radius 2 is 2.06 bits per heavy atom. The fraction of sp³-hybridized carbons (Fsp3) is 0.364. The molecule has 1 aliphatic rings. The highest BCUT2D eigenvalue weighted by atomic mass is 79.9. The Morgan fingerprint density at radius 3 is 2.56 bits per heavy atom. The molecule has 84 valence electrons. The maximum atomic E-state index is 12.3. The molecule has 0 N–H and O–H groups in total. The van der Waals surface area contributed by atoms with E-state index in [1.165, 1.54) is 0 Å². The largest absolute Gasteiger partial charge is 0.222 e. The monoisotopic (exact) mass is 299 g/mol. The molecule has 16 heavy (non-hydrogen) atoms. The highest BCUT2D eigenvalue weighted by Gasteiger charge is 2.56. The number of halogens is 1. The van der Waals surface area contributed by atoms with E-state index in [4.69, 9.17) is 5.26 Å². The van der Waals surface area contributed by atoms with Crippen molar-refractivity contribution in [3.63, 3.8) is 0 Å². The number of benzene rings is 1. The summed E-state index contributed by atoms with van der Waals surface area (Å²) in [7, 11) is -3.52. The van der Waals surface area contributed by atoms with Crippen LogP contribution < -0.4 is 0 Å². The van der Waals surface area contributed by atoms with Crippen LogP contribution in [0.3, 0.4) is 0 Å². The Hall–Kier alpha value is -0.860. The molecule has 0 heterocycles. The van der Waals surface area contributed by atoms with Crippen molar-refractivity contribution >= 4 is 25.8 Å². The van der Waals surface area contributed by atoms with E-state index in [9.17, 15) is 8.42 Å². The second kappa shape index (κ2) is 3.57. The van der Waals surface area contributed by atoms with Crippen molar-refractivity contribution in [2.75, 3.05) is 0 Å². The maximum Gasteiger partial charge on any atom is 0.197 e. The number of nitrogens with zero attached hydrogens (tertiary/aromatic N) is 1. The molecule has 0 unspecified atom stereocenters. The van der Waals surface area contributed by atoms with Gasteiger partial charge in [-0.2, -0.15) is 5.26 Å². The number of hydrogen-bond donors (Lipinski definition) is 0. The zero-order chi connectivity index (χ0) is 12.0. The zero-order valence-electron chi connectivity index (χ0n) is 8.70. The van der Waals surface area contributed by atoms with E-state index in [1.807, 2.05) is 6.07 Å². The molecular formula is C11H10BrNO2S. The summed E-state index contributed by atoms with van der Waals surface area (Å²) in [6.45, 7) is 1.74. The van der Waals surface area contributed by atoms with Crippen LogP contribution in [0.5, 0.6) is 0 Å². The molecule has 2 rings (SSSR count). The van der Waals surface area contributed by atoms with Crippen molar-refractivity contribution in [1.82, 2.24) is 0 Å². The SMILES string of the molecule is Cc1ccc(Br)cc1S(=O)(=O)C1(C#N)CC1. The van der Waals surface area contributed by atoms with Crippen LogP contribution in [0.15, 0.2) is 27.6 Å². The van der Waals surface area contributed by atoms with E-state index in [1.54, 1.807) is 25.1 Å². The van der Waals surface area contributed by atoms with Crippen LogP contribution in [0.2, 0.25) is 0 Å². The van der Waals surface area contributed by atoms with E-state index < -0.39 is 14.6 Å². The zero-order valence-corrected chi connectivity index (χ0v) is 11.1. The van der Waals surface area contributed by atoms with E-state index in [2.05, 4.69) is 15.9 Å². The van der Waals surface area contributed by atoms with Gasteiger partial charge in [0.2, 0.25) is 0 Å². The lowest BCUT2D eigenvalue weighted by Crippen LogP contribution is -2.22. The Labute approximate surface area is 103 Å². The molecule has 0 atom stereocenters. The quantitative estimate of drug-likeness (QED) is 0.843. The molecular weight excluding hydrogens is 290 g/mol. The molecule has 5 heteroatoms. The molecule has 0 aliphatic heterocycles. The molecule has 3 nitrogen and oxygen atoms in total. The summed E-state index contributed by atoms with van der Waals surface area (Å²) in [6.07, 6.45) is 0.884. The molecule has 1 saturated carbocycles. The first-order chi connectivity index (χ1) is 7.43. The van der Waals surface area contributed by atoms with Gasteiger partial charge in [0.15, 0.2) is 14.6 Å². The van der Waals surface area contributed by atoms with Crippen molar-refractivity contribution in [1.29, 1.82) is 5.26 Å². The summed E-state index contributed by atoms with van der Waals surface area (Å²) >= 11 is 3.25. The lowest BCUT2D eigenvalue weighted by Gasteiger charge is -2.11. The van der Waals surface area contributed by atoms with Gasteiger partial charge in [-0.25, -0.2) is 8.42 Å². The average molecular weight is 300 g/mol. The van der Waals surface area contributed by atoms with E-state index in [0.717, 1.165) is 0 Å². The number of nitriles is 1. The van der Waals surface area contributed by atoms with E-state index >= 15 is 0 Å². The van der Waals surface area contributed by atoms with Gasteiger partial charge >= 0.3 is 0 Å². The van der Waals surface area contributed by atoms with Gasteiger partial charge in [-0.1, -0.05) is 22.0 Å². The fourth-order valence-corrected chi connectivity index (χ4v) is 4.10. The lowest BCUT2D eigenvalue weighted by molar-refractivity contribution is 0.587. The predicted octanol–water partition coefficient (Wildman–Crippen LogP) is 2.59. The van der Waals surface area contributed by atoms with Crippen molar-refractivity contribution < 1.29 is 8.42 Å². The Bertz CT molecular complexity index is 582. The Morgan fingerprint density at radius 1 is 1.44 bits per heavy atom. The molecule has 1 fully saturated rings. The number of aryl methyl sites for hydroxylation is 1. The summed E-state index contributed by atoms with van der Waals surface area (Å²) in [5.74, 6) is 0. The highest BCUT2D eigenvalue weighted by Crippen LogP contribution is 2.47. The minimum Gasteiger partial charge on any atom is -0.222 e. The molecule has 0 radical (unpaired) electrons. The van der Waals surface area contributed by atoms with Crippen LogP contribution in [-0.2, 0) is 9.84 Å². The van der Waals surface area contributed by atoms with Crippen LogP contribution in [0.1, 0.15) is 18.4 Å². The molecule has 0 spiro atoms. The Kier molecular flexibility index (Phi) is 2.59. The number of hydrogen-bond acceptors (Lipinski definition) is 3. The first-order valence-corrected chi connectivity index (χ1v) is 7.13. The summed E-state index contributed by atoms with van der Waals surface area (Å²) in [6, 6.07) is 7.04. The number of sulfone groups is 1. The molecule has 0 amide bonds. The summed E-state index contributed by atoms with van der Waals surface area (Å²) in [5, 5.41) is 8.97. The van der Waals surface area contributed by atoms with Crippen LogP contribution in [0.25, 0.3) is 0 Å². The molecule has 0 bridgehead atoms. The lowest BCUT2D eigenvalue weighted by atomic mass is 10.2. The maximum absolute atomic E-state index is 12.3. The first kappa shape index (κ1) is 11.6. The highest BCUT2D eigenvalue weighted by molar-refractivity contribution is 9.10. The molecule has 1 aromatic carbocycles. The normalized spacial score (nSPS) is 17.8. The van der Waals surface area contributed by atoms with E-state index in [-0.39, 0.29) is 4.90 Å². The summed E-state index contributed by atoms with van der Waals surface area (Å²) < 4.78 is 24.1. The summed E-state index contributed by atoms with van der Waals surface area (Å²) in [4.78, 5) is 0.265. The third kappa shape index (κ3) is 1.57. The van der Waals surface area contributed by atoms with Gasteiger partial charge in [-0.05, 0) is 37.5 Å². The summed E-state index contributed by atoms with van der Waals surface area (Å²) in [5.41, 5.74) is 0.685. The van der Waals surface area contributed by atoms with Gasteiger partial charge in [-0.3, -0.25) is 0 Å². The minimum atomic E-state index is -3.52. The average Bonchev–Trinajstić information content (AvgIpc) is 3.02. The van der Waals surface area contributed by atoms with Gasteiger partial charge in [0, 0.05) is 4.47 Å².